The third-order valence-electron chi connectivity index (χ3n) is 1.94. The van der Waals surface area contributed by atoms with Gasteiger partial charge in [-0.15, -0.1) is 0 Å². The lowest BCUT2D eigenvalue weighted by Crippen LogP contribution is -2.57. The lowest BCUT2D eigenvalue weighted by atomic mass is 10.0. The number of hydrogen-bond donors (Lipinski definition) is 2. The fourth-order valence-electron chi connectivity index (χ4n) is 1.14. The van der Waals surface area contributed by atoms with E-state index in [2.05, 4.69) is 6.58 Å². The fraction of sp³-hybridized carbons (Fsp3) is 0.500. The second-order valence-electron chi connectivity index (χ2n) is 2.82. The third kappa shape index (κ3) is 1.99. The maximum absolute atomic E-state index is 11.2. The van der Waals surface area contributed by atoms with Crippen LogP contribution in [0, 0.1) is 5.41 Å². The van der Waals surface area contributed by atoms with Crippen LogP contribution in [0.2, 0.25) is 0 Å². The van der Waals surface area contributed by atoms with Crippen LogP contribution in [-0.2, 0) is 4.74 Å². The summed E-state index contributed by atoms with van der Waals surface area (Å²) >= 11 is 0. The molecule has 0 radical (unpaired) electrons. The van der Waals surface area contributed by atoms with Gasteiger partial charge in [0.15, 0.2) is 0 Å². The highest BCUT2D eigenvalue weighted by Gasteiger charge is 2.35. The summed E-state index contributed by atoms with van der Waals surface area (Å²) < 4.78 is 4.79. The van der Waals surface area contributed by atoms with Gasteiger partial charge in [-0.25, -0.2) is 4.79 Å². The zero-order valence-corrected chi connectivity index (χ0v) is 7.32. The normalized spacial score (nSPS) is 20.3. The first-order valence-electron chi connectivity index (χ1n) is 4.05. The van der Waals surface area contributed by atoms with Crippen LogP contribution < -0.4 is 5.73 Å². The van der Waals surface area contributed by atoms with Gasteiger partial charge in [-0.05, 0) is 6.42 Å². The van der Waals surface area contributed by atoms with Crippen LogP contribution >= 0.6 is 0 Å². The smallest absolute Gasteiger partial charge is 0.410 e. The number of hydrogen-bond acceptors (Lipinski definition) is 3. The molecule has 0 saturated carbocycles. The first kappa shape index (κ1) is 9.57. The average molecular weight is 183 g/mol. The topological polar surface area (TPSA) is 79.4 Å². The van der Waals surface area contributed by atoms with Crippen molar-refractivity contribution >= 4 is 11.9 Å². The zero-order chi connectivity index (χ0) is 9.84. The molecule has 1 saturated heterocycles. The standard InChI is InChI=1S/C8H13N3O2/c1-2-5-13-8(12)11-4-3-6(11)7(9)10/h2,6H,1,3-5H2,(H3,9,10). The molecule has 5 nitrogen and oxygen atoms in total. The number of amides is 1. The summed E-state index contributed by atoms with van der Waals surface area (Å²) in [5.41, 5.74) is 5.27. The Bertz CT molecular complexity index is 240. The summed E-state index contributed by atoms with van der Waals surface area (Å²) in [7, 11) is 0. The Morgan fingerprint density at radius 3 is 2.92 bits per heavy atom. The summed E-state index contributed by atoms with van der Waals surface area (Å²) in [4.78, 5) is 12.6. The molecular formula is C8H13N3O2. The van der Waals surface area contributed by atoms with E-state index >= 15 is 0 Å². The minimum Gasteiger partial charge on any atom is -0.445 e. The van der Waals surface area contributed by atoms with E-state index in [-0.39, 0.29) is 18.5 Å². The Morgan fingerprint density at radius 2 is 2.54 bits per heavy atom. The first-order valence-corrected chi connectivity index (χ1v) is 4.05. The third-order valence-corrected chi connectivity index (χ3v) is 1.94. The van der Waals surface area contributed by atoms with Gasteiger partial charge in [0, 0.05) is 6.54 Å². The highest BCUT2D eigenvalue weighted by molar-refractivity contribution is 5.87. The van der Waals surface area contributed by atoms with Crippen LogP contribution in [0.25, 0.3) is 0 Å². The molecule has 1 heterocycles. The molecular weight excluding hydrogens is 170 g/mol. The maximum Gasteiger partial charge on any atom is 0.410 e. The number of amidine groups is 1. The Hall–Kier alpha value is -1.52. The number of likely N-dealkylation sites (tertiary alicyclic amines) is 1. The number of nitrogens with one attached hydrogen (secondary N) is 1. The second-order valence-corrected chi connectivity index (χ2v) is 2.82. The number of carbonyl (C=O) groups excluding carboxylic acids is 1. The molecule has 0 aromatic rings. The van der Waals surface area contributed by atoms with E-state index in [0.29, 0.717) is 6.54 Å². The van der Waals surface area contributed by atoms with E-state index in [9.17, 15) is 4.79 Å². The summed E-state index contributed by atoms with van der Waals surface area (Å²) in [6.45, 7) is 4.23. The molecule has 1 amide bonds. The quantitative estimate of drug-likeness (QED) is 0.375. The molecule has 5 heteroatoms. The van der Waals surface area contributed by atoms with Gasteiger partial charge < -0.3 is 10.5 Å². The van der Waals surface area contributed by atoms with Gasteiger partial charge in [-0.1, -0.05) is 12.7 Å². The molecule has 1 aliphatic rings. The molecule has 1 atom stereocenters. The Kier molecular flexibility index (Phi) is 2.89. The van der Waals surface area contributed by atoms with E-state index < -0.39 is 6.09 Å². The van der Waals surface area contributed by atoms with Crippen LogP contribution in [-0.4, -0.2) is 36.0 Å². The van der Waals surface area contributed by atoms with Crippen molar-refractivity contribution in [3.05, 3.63) is 12.7 Å². The number of nitrogens with two attached hydrogens (primary N) is 1. The van der Waals surface area contributed by atoms with Crippen molar-refractivity contribution in [2.24, 2.45) is 5.73 Å². The van der Waals surface area contributed by atoms with Crippen molar-refractivity contribution in [3.63, 3.8) is 0 Å². The van der Waals surface area contributed by atoms with E-state index in [1.165, 1.54) is 11.0 Å². The molecule has 1 fully saturated rings. The monoisotopic (exact) mass is 183 g/mol. The Balaban J connectivity index is 2.39. The molecule has 0 bridgehead atoms. The summed E-state index contributed by atoms with van der Waals surface area (Å²) in [5, 5.41) is 7.16. The number of rotatable bonds is 3. The Morgan fingerprint density at radius 1 is 1.85 bits per heavy atom. The summed E-state index contributed by atoms with van der Waals surface area (Å²) in [6, 6.07) is -0.266. The van der Waals surface area contributed by atoms with E-state index in [1.54, 1.807) is 0 Å². The van der Waals surface area contributed by atoms with Gasteiger partial charge in [0.1, 0.15) is 12.4 Å². The van der Waals surface area contributed by atoms with Gasteiger partial charge in [-0.2, -0.15) is 0 Å². The minimum atomic E-state index is -0.425. The number of nitrogens with zero attached hydrogens (tertiary/aromatic N) is 1. The van der Waals surface area contributed by atoms with E-state index in [1.807, 2.05) is 0 Å². The molecule has 0 aromatic carbocycles. The van der Waals surface area contributed by atoms with Crippen molar-refractivity contribution in [2.75, 3.05) is 13.2 Å². The average Bonchev–Trinajstić information content (AvgIpc) is 1.97. The number of ether oxygens (including phenoxy) is 1. The lowest BCUT2D eigenvalue weighted by Gasteiger charge is -2.38. The summed E-state index contributed by atoms with van der Waals surface area (Å²) in [6.07, 6.45) is 1.82. The van der Waals surface area contributed by atoms with E-state index in [0.717, 1.165) is 6.42 Å². The van der Waals surface area contributed by atoms with Crippen LogP contribution in [0.3, 0.4) is 0 Å². The van der Waals surface area contributed by atoms with E-state index in [4.69, 9.17) is 15.9 Å². The fourth-order valence-corrected chi connectivity index (χ4v) is 1.14. The predicted molar refractivity (Wildman–Crippen MR) is 48.6 cm³/mol. The zero-order valence-electron chi connectivity index (χ0n) is 7.32. The van der Waals surface area contributed by atoms with Crippen molar-refractivity contribution in [1.82, 2.24) is 4.90 Å². The predicted octanol–water partition coefficient (Wildman–Crippen LogP) is 0.319. The molecule has 0 aliphatic carbocycles. The Labute approximate surface area is 76.7 Å². The molecule has 0 spiro atoms. The first-order chi connectivity index (χ1) is 6.16. The molecule has 72 valence electrons. The molecule has 1 unspecified atom stereocenters. The van der Waals surface area contributed by atoms with Crippen LogP contribution in [0.15, 0.2) is 12.7 Å². The van der Waals surface area contributed by atoms with Gasteiger partial charge >= 0.3 is 6.09 Å². The molecule has 13 heavy (non-hydrogen) atoms. The van der Waals surface area contributed by atoms with Crippen molar-refractivity contribution in [2.45, 2.75) is 12.5 Å². The van der Waals surface area contributed by atoms with Crippen LogP contribution in [0.4, 0.5) is 4.79 Å². The largest absolute Gasteiger partial charge is 0.445 e. The second kappa shape index (κ2) is 3.93. The highest BCUT2D eigenvalue weighted by Crippen LogP contribution is 2.17. The van der Waals surface area contributed by atoms with Crippen molar-refractivity contribution in [3.8, 4) is 0 Å². The summed E-state index contributed by atoms with van der Waals surface area (Å²) in [5.74, 6) is 0.0156. The van der Waals surface area contributed by atoms with Gasteiger partial charge in [0.05, 0.1) is 6.04 Å². The maximum atomic E-state index is 11.2. The molecule has 1 aliphatic heterocycles. The lowest BCUT2D eigenvalue weighted by molar-refractivity contribution is 0.0743. The minimum absolute atomic E-state index is 0.0156. The van der Waals surface area contributed by atoms with Crippen molar-refractivity contribution in [1.29, 1.82) is 5.41 Å². The van der Waals surface area contributed by atoms with Gasteiger partial charge in [-0.3, -0.25) is 10.3 Å². The SMILES string of the molecule is C=CCOC(=O)N1CCC1C(=N)N. The molecule has 0 aromatic heterocycles. The van der Waals surface area contributed by atoms with Gasteiger partial charge in [0.25, 0.3) is 0 Å². The highest BCUT2D eigenvalue weighted by atomic mass is 16.6. The van der Waals surface area contributed by atoms with Crippen LogP contribution in [0.1, 0.15) is 6.42 Å². The number of carbonyl (C=O) groups is 1. The van der Waals surface area contributed by atoms with Crippen molar-refractivity contribution < 1.29 is 9.53 Å². The molecule has 1 rings (SSSR count). The molecule has 3 N–H and O–H groups in total. The van der Waals surface area contributed by atoms with Crippen LogP contribution in [0.5, 0.6) is 0 Å². The van der Waals surface area contributed by atoms with Gasteiger partial charge in [0.2, 0.25) is 0 Å².